The van der Waals surface area contributed by atoms with E-state index < -0.39 is 5.97 Å². The predicted octanol–water partition coefficient (Wildman–Crippen LogP) is 5.61. The third kappa shape index (κ3) is 6.13. The zero-order valence-corrected chi connectivity index (χ0v) is 18.6. The fraction of sp³-hybridized carbons (Fsp3) is 0.192. The number of ether oxygens (including phenoxy) is 1. The number of oxime groups is 1. The average Bonchev–Trinajstić information content (AvgIpc) is 3.51. The Kier molecular flexibility index (Phi) is 7.39. The molecule has 2 heterocycles. The summed E-state index contributed by atoms with van der Waals surface area (Å²) in [7, 11) is 0. The van der Waals surface area contributed by atoms with Crippen molar-refractivity contribution in [2.24, 2.45) is 5.16 Å². The molecule has 0 unspecified atom stereocenters. The van der Waals surface area contributed by atoms with Gasteiger partial charge in [0.15, 0.2) is 5.76 Å². The van der Waals surface area contributed by atoms with Gasteiger partial charge in [0.05, 0.1) is 18.4 Å². The fourth-order valence-electron chi connectivity index (χ4n) is 3.18. The Labute approximate surface area is 196 Å². The average molecular weight is 460 g/mol. The van der Waals surface area contributed by atoms with Crippen LogP contribution in [0.3, 0.4) is 0 Å². The van der Waals surface area contributed by atoms with Crippen molar-refractivity contribution >= 4 is 11.7 Å². The highest BCUT2D eigenvalue weighted by Gasteiger charge is 2.14. The van der Waals surface area contributed by atoms with E-state index >= 15 is 0 Å². The summed E-state index contributed by atoms with van der Waals surface area (Å²) in [6.07, 6.45) is 1.84. The number of rotatable bonds is 11. The highest BCUT2D eigenvalue weighted by atomic mass is 16.6. The van der Waals surface area contributed by atoms with Crippen LogP contribution in [0.15, 0.2) is 87.0 Å². The number of nitrogens with zero attached hydrogens (tertiary/aromatic N) is 2. The van der Waals surface area contributed by atoms with Crippen LogP contribution in [0.25, 0.3) is 11.7 Å². The molecule has 0 saturated carbocycles. The lowest BCUT2D eigenvalue weighted by Gasteiger charge is -2.08. The predicted molar refractivity (Wildman–Crippen MR) is 124 cm³/mol. The van der Waals surface area contributed by atoms with Gasteiger partial charge in [-0.15, -0.1) is 0 Å². The molecule has 8 heteroatoms. The number of oxazole rings is 1. The Hall–Kier alpha value is -4.33. The number of carbonyl (C=O) groups is 1. The first-order chi connectivity index (χ1) is 16.6. The molecule has 0 aliphatic heterocycles. The van der Waals surface area contributed by atoms with Crippen LogP contribution in [0.1, 0.15) is 35.4 Å². The van der Waals surface area contributed by atoms with Gasteiger partial charge >= 0.3 is 5.97 Å². The molecule has 8 nitrogen and oxygen atoms in total. The smallest absolute Gasteiger partial charge is 0.303 e. The van der Waals surface area contributed by atoms with E-state index in [1.165, 1.54) is 0 Å². The Balaban J connectivity index is 1.32. The monoisotopic (exact) mass is 460 g/mol. The molecule has 0 fully saturated rings. The van der Waals surface area contributed by atoms with E-state index in [9.17, 15) is 4.79 Å². The molecular weight excluding hydrogens is 436 g/mol. The number of furan rings is 1. The number of aliphatic carboxylic acids is 1. The number of carboxylic acids is 1. The Morgan fingerprint density at radius 2 is 1.79 bits per heavy atom. The zero-order chi connectivity index (χ0) is 23.8. The van der Waals surface area contributed by atoms with E-state index in [2.05, 4.69) is 10.1 Å². The van der Waals surface area contributed by atoms with Crippen LogP contribution in [-0.2, 0) is 22.8 Å². The molecule has 0 atom stereocenters. The van der Waals surface area contributed by atoms with Gasteiger partial charge in [0.25, 0.3) is 5.89 Å². The van der Waals surface area contributed by atoms with Crippen LogP contribution in [0.2, 0.25) is 0 Å². The summed E-state index contributed by atoms with van der Waals surface area (Å²) in [6.45, 7) is 2.35. The second kappa shape index (κ2) is 11.0. The summed E-state index contributed by atoms with van der Waals surface area (Å²) >= 11 is 0. The van der Waals surface area contributed by atoms with Crippen LogP contribution < -0.4 is 4.74 Å². The van der Waals surface area contributed by atoms with Crippen molar-refractivity contribution in [3.63, 3.8) is 0 Å². The van der Waals surface area contributed by atoms with E-state index in [1.807, 2.05) is 61.5 Å². The Morgan fingerprint density at radius 3 is 2.50 bits per heavy atom. The van der Waals surface area contributed by atoms with E-state index in [0.717, 1.165) is 11.1 Å². The van der Waals surface area contributed by atoms with Crippen molar-refractivity contribution in [1.29, 1.82) is 0 Å². The number of aromatic nitrogens is 1. The largest absolute Gasteiger partial charge is 0.487 e. The topological polar surface area (TPSA) is 107 Å². The summed E-state index contributed by atoms with van der Waals surface area (Å²) in [5.74, 6) is 1.47. The number of hydrogen-bond acceptors (Lipinski definition) is 7. The lowest BCUT2D eigenvalue weighted by molar-refractivity contribution is -0.136. The van der Waals surface area contributed by atoms with Crippen LogP contribution in [-0.4, -0.2) is 21.8 Å². The molecule has 0 spiro atoms. The van der Waals surface area contributed by atoms with E-state index in [-0.39, 0.29) is 26.1 Å². The zero-order valence-electron chi connectivity index (χ0n) is 18.6. The summed E-state index contributed by atoms with van der Waals surface area (Å²) in [5, 5.41) is 13.2. The van der Waals surface area contributed by atoms with Gasteiger partial charge in [0.1, 0.15) is 30.4 Å². The first-order valence-electron chi connectivity index (χ1n) is 10.8. The molecule has 0 amide bonds. The molecule has 174 valence electrons. The van der Waals surface area contributed by atoms with Gasteiger partial charge in [-0.3, -0.25) is 4.79 Å². The van der Waals surface area contributed by atoms with Crippen molar-refractivity contribution in [3.05, 3.63) is 95.6 Å². The van der Waals surface area contributed by atoms with Crippen LogP contribution >= 0.6 is 0 Å². The summed E-state index contributed by atoms with van der Waals surface area (Å²) in [5.41, 5.74) is 3.04. The van der Waals surface area contributed by atoms with Crippen molar-refractivity contribution in [2.75, 3.05) is 0 Å². The molecule has 0 radical (unpaired) electrons. The minimum atomic E-state index is -0.878. The summed E-state index contributed by atoms with van der Waals surface area (Å²) < 4.78 is 16.8. The molecule has 0 saturated heterocycles. The number of hydrogen-bond donors (Lipinski definition) is 1. The van der Waals surface area contributed by atoms with E-state index in [4.69, 9.17) is 23.5 Å². The number of carboxylic acid groups (broad SMARTS) is 1. The van der Waals surface area contributed by atoms with Gasteiger partial charge in [-0.25, -0.2) is 4.98 Å². The van der Waals surface area contributed by atoms with Crippen LogP contribution in [0, 0.1) is 6.92 Å². The van der Waals surface area contributed by atoms with Crippen LogP contribution in [0.5, 0.6) is 5.75 Å². The van der Waals surface area contributed by atoms with Gasteiger partial charge in [-0.2, -0.15) is 0 Å². The molecule has 0 aliphatic carbocycles. The summed E-state index contributed by atoms with van der Waals surface area (Å²) in [4.78, 5) is 20.9. The first kappa shape index (κ1) is 22.8. The maximum absolute atomic E-state index is 11.0. The number of benzene rings is 2. The van der Waals surface area contributed by atoms with Crippen molar-refractivity contribution in [2.45, 2.75) is 33.0 Å². The quantitative estimate of drug-likeness (QED) is 0.229. The third-order valence-corrected chi connectivity index (χ3v) is 5.01. The fourth-order valence-corrected chi connectivity index (χ4v) is 3.18. The minimum Gasteiger partial charge on any atom is -0.487 e. The third-order valence-electron chi connectivity index (χ3n) is 5.01. The molecule has 34 heavy (non-hydrogen) atoms. The standard InChI is InChI=1S/C26H24N2O6/c1-18-23(27-26(34-18)24-8-5-15-31-24)17-32-21-11-9-19(10-12-21)16-33-28-22(13-14-25(29)30)20-6-3-2-4-7-20/h2-12,15H,13-14,16-17H2,1H3,(H,29,30)/b28-22+. The highest BCUT2D eigenvalue weighted by Crippen LogP contribution is 2.23. The summed E-state index contributed by atoms with van der Waals surface area (Å²) in [6, 6.07) is 20.4. The van der Waals surface area contributed by atoms with E-state index in [0.29, 0.717) is 34.6 Å². The van der Waals surface area contributed by atoms with Crippen molar-refractivity contribution in [1.82, 2.24) is 4.98 Å². The molecule has 1 N–H and O–H groups in total. The highest BCUT2D eigenvalue weighted by molar-refractivity contribution is 6.01. The molecule has 0 bridgehead atoms. The van der Waals surface area contributed by atoms with Crippen molar-refractivity contribution < 1.29 is 28.3 Å². The lowest BCUT2D eigenvalue weighted by Crippen LogP contribution is -2.06. The van der Waals surface area contributed by atoms with Crippen molar-refractivity contribution in [3.8, 4) is 17.4 Å². The SMILES string of the molecule is Cc1oc(-c2ccco2)nc1COc1ccc(CO/N=C(\CCC(=O)O)c2ccccc2)cc1. The molecule has 2 aromatic heterocycles. The molecule has 0 aliphatic rings. The first-order valence-corrected chi connectivity index (χ1v) is 10.8. The second-order valence-corrected chi connectivity index (χ2v) is 7.50. The van der Waals surface area contributed by atoms with Gasteiger partial charge in [-0.1, -0.05) is 47.6 Å². The molecule has 2 aromatic carbocycles. The van der Waals surface area contributed by atoms with Gasteiger partial charge in [0.2, 0.25) is 0 Å². The maximum atomic E-state index is 11.0. The Morgan fingerprint density at radius 1 is 1.00 bits per heavy atom. The maximum Gasteiger partial charge on any atom is 0.303 e. The molecular formula is C26H24N2O6. The molecule has 4 aromatic rings. The Bertz CT molecular complexity index is 1230. The number of aryl methyl sites for hydroxylation is 1. The molecule has 4 rings (SSSR count). The normalized spacial score (nSPS) is 11.4. The second-order valence-electron chi connectivity index (χ2n) is 7.50. The lowest BCUT2D eigenvalue weighted by atomic mass is 10.1. The van der Waals surface area contributed by atoms with Gasteiger partial charge in [0, 0.05) is 6.42 Å². The van der Waals surface area contributed by atoms with Gasteiger partial charge in [-0.05, 0) is 42.3 Å². The van der Waals surface area contributed by atoms with E-state index in [1.54, 1.807) is 18.4 Å². The van der Waals surface area contributed by atoms with Gasteiger partial charge < -0.3 is 23.5 Å². The van der Waals surface area contributed by atoms with Crippen LogP contribution in [0.4, 0.5) is 0 Å². The minimum absolute atomic E-state index is 0.0167.